The van der Waals surface area contributed by atoms with Crippen LogP contribution in [0.25, 0.3) is 0 Å². The molecule has 5 heteroatoms. The number of hydrogen-bond acceptors (Lipinski definition) is 2. The SMILES string of the molecule is CNC(=O)c1c(I)cnn1C. The first-order chi connectivity index (χ1) is 5.16. The molecule has 60 valence electrons. The van der Waals surface area contributed by atoms with Crippen molar-refractivity contribution in [3.63, 3.8) is 0 Å². The highest BCUT2D eigenvalue weighted by molar-refractivity contribution is 14.1. The summed E-state index contributed by atoms with van der Waals surface area (Å²) in [6, 6.07) is 0. The van der Waals surface area contributed by atoms with E-state index in [4.69, 9.17) is 0 Å². The minimum atomic E-state index is -0.102. The summed E-state index contributed by atoms with van der Waals surface area (Å²) in [6.45, 7) is 0. The van der Waals surface area contributed by atoms with Crippen molar-refractivity contribution < 1.29 is 4.79 Å². The number of aromatic nitrogens is 2. The van der Waals surface area contributed by atoms with Crippen LogP contribution < -0.4 is 5.32 Å². The monoisotopic (exact) mass is 265 g/mol. The van der Waals surface area contributed by atoms with Crippen molar-refractivity contribution in [2.24, 2.45) is 7.05 Å². The fourth-order valence-electron chi connectivity index (χ4n) is 0.785. The number of halogens is 1. The second-order valence-electron chi connectivity index (χ2n) is 2.04. The zero-order valence-electron chi connectivity index (χ0n) is 6.26. The first-order valence-electron chi connectivity index (χ1n) is 3.06. The lowest BCUT2D eigenvalue weighted by atomic mass is 10.4. The van der Waals surface area contributed by atoms with E-state index in [0.29, 0.717) is 5.69 Å². The van der Waals surface area contributed by atoms with Crippen molar-refractivity contribution in [2.75, 3.05) is 7.05 Å². The van der Waals surface area contributed by atoms with Crippen molar-refractivity contribution >= 4 is 28.5 Å². The Labute approximate surface area is 78.1 Å². The van der Waals surface area contributed by atoms with Crippen molar-refractivity contribution in [1.82, 2.24) is 15.1 Å². The number of amides is 1. The quantitative estimate of drug-likeness (QED) is 0.746. The van der Waals surface area contributed by atoms with Gasteiger partial charge in [-0.2, -0.15) is 5.10 Å². The van der Waals surface area contributed by atoms with E-state index in [9.17, 15) is 4.79 Å². The summed E-state index contributed by atoms with van der Waals surface area (Å²) >= 11 is 2.08. The van der Waals surface area contributed by atoms with E-state index in [-0.39, 0.29) is 5.91 Å². The molecule has 0 fully saturated rings. The smallest absolute Gasteiger partial charge is 0.270 e. The standard InChI is InChI=1S/C6H8IN3O/c1-8-6(11)5-4(7)3-9-10(5)2/h3H,1-2H3,(H,8,11). The average molecular weight is 265 g/mol. The van der Waals surface area contributed by atoms with Crippen molar-refractivity contribution in [3.05, 3.63) is 15.5 Å². The molecule has 1 rings (SSSR count). The highest BCUT2D eigenvalue weighted by Crippen LogP contribution is 2.09. The van der Waals surface area contributed by atoms with E-state index in [1.54, 1.807) is 25.0 Å². The minimum absolute atomic E-state index is 0.102. The fourth-order valence-corrected chi connectivity index (χ4v) is 1.50. The van der Waals surface area contributed by atoms with Crippen molar-refractivity contribution in [1.29, 1.82) is 0 Å². The van der Waals surface area contributed by atoms with E-state index in [2.05, 4.69) is 33.0 Å². The molecule has 1 aromatic rings. The lowest BCUT2D eigenvalue weighted by Gasteiger charge is -1.99. The molecule has 11 heavy (non-hydrogen) atoms. The molecule has 0 unspecified atom stereocenters. The fraction of sp³-hybridized carbons (Fsp3) is 0.333. The highest BCUT2D eigenvalue weighted by Gasteiger charge is 2.12. The van der Waals surface area contributed by atoms with Gasteiger partial charge in [0, 0.05) is 14.1 Å². The molecular weight excluding hydrogens is 257 g/mol. The van der Waals surface area contributed by atoms with Crippen LogP contribution in [-0.4, -0.2) is 22.7 Å². The number of carbonyl (C=O) groups is 1. The molecule has 0 aliphatic rings. The van der Waals surface area contributed by atoms with Gasteiger partial charge in [0.15, 0.2) is 0 Å². The summed E-state index contributed by atoms with van der Waals surface area (Å²) in [7, 11) is 3.35. The van der Waals surface area contributed by atoms with Gasteiger partial charge < -0.3 is 5.32 Å². The molecule has 1 aromatic heterocycles. The summed E-state index contributed by atoms with van der Waals surface area (Å²) in [4.78, 5) is 11.1. The van der Waals surface area contributed by atoms with E-state index in [0.717, 1.165) is 3.57 Å². The molecule has 1 heterocycles. The van der Waals surface area contributed by atoms with Crippen LogP contribution in [0.4, 0.5) is 0 Å². The summed E-state index contributed by atoms with van der Waals surface area (Å²) in [5, 5.41) is 6.48. The van der Waals surface area contributed by atoms with Crippen LogP contribution in [0.15, 0.2) is 6.20 Å². The second-order valence-corrected chi connectivity index (χ2v) is 3.21. The lowest BCUT2D eigenvalue weighted by molar-refractivity contribution is 0.0953. The van der Waals surface area contributed by atoms with Gasteiger partial charge in [-0.15, -0.1) is 0 Å². The zero-order chi connectivity index (χ0) is 8.43. The van der Waals surface area contributed by atoms with Crippen molar-refractivity contribution in [2.45, 2.75) is 0 Å². The number of rotatable bonds is 1. The van der Waals surface area contributed by atoms with Crippen LogP contribution in [0.1, 0.15) is 10.5 Å². The van der Waals surface area contributed by atoms with Gasteiger partial charge in [0.05, 0.1) is 9.77 Å². The van der Waals surface area contributed by atoms with Gasteiger partial charge in [-0.25, -0.2) is 0 Å². The summed E-state index contributed by atoms with van der Waals surface area (Å²) < 4.78 is 2.42. The Morgan fingerprint density at radius 2 is 2.45 bits per heavy atom. The molecule has 1 N–H and O–H groups in total. The van der Waals surface area contributed by atoms with Gasteiger partial charge in [-0.1, -0.05) is 0 Å². The van der Waals surface area contributed by atoms with Crippen molar-refractivity contribution in [3.8, 4) is 0 Å². The Morgan fingerprint density at radius 1 is 1.82 bits per heavy atom. The topological polar surface area (TPSA) is 46.9 Å². The van der Waals surface area contributed by atoms with E-state index in [1.807, 2.05) is 0 Å². The predicted molar refractivity (Wildman–Crippen MR) is 49.3 cm³/mol. The Balaban J connectivity index is 3.10. The molecule has 0 saturated carbocycles. The molecular formula is C6H8IN3O. The van der Waals surface area contributed by atoms with Gasteiger partial charge in [-0.3, -0.25) is 9.48 Å². The molecule has 0 atom stereocenters. The van der Waals surface area contributed by atoms with Gasteiger partial charge in [-0.05, 0) is 22.6 Å². The Hall–Kier alpha value is -0.590. The van der Waals surface area contributed by atoms with Crippen LogP contribution in [-0.2, 0) is 7.05 Å². The number of aryl methyl sites for hydroxylation is 1. The number of hydrogen-bond donors (Lipinski definition) is 1. The van der Waals surface area contributed by atoms with E-state index >= 15 is 0 Å². The Kier molecular flexibility index (Phi) is 2.48. The third-order valence-corrected chi connectivity index (χ3v) is 2.13. The molecule has 4 nitrogen and oxygen atoms in total. The van der Waals surface area contributed by atoms with Gasteiger partial charge in [0.25, 0.3) is 5.91 Å². The third-order valence-electron chi connectivity index (χ3n) is 1.34. The molecule has 0 bridgehead atoms. The molecule has 0 spiro atoms. The van der Waals surface area contributed by atoms with E-state index < -0.39 is 0 Å². The van der Waals surface area contributed by atoms with Crippen LogP contribution in [0.2, 0.25) is 0 Å². The Morgan fingerprint density at radius 3 is 2.82 bits per heavy atom. The maximum atomic E-state index is 11.1. The summed E-state index contributed by atoms with van der Waals surface area (Å²) in [6.07, 6.45) is 1.66. The molecule has 0 aliphatic carbocycles. The van der Waals surface area contributed by atoms with Crippen LogP contribution >= 0.6 is 22.6 Å². The maximum Gasteiger partial charge on any atom is 0.270 e. The lowest BCUT2D eigenvalue weighted by Crippen LogP contribution is -2.21. The van der Waals surface area contributed by atoms with Gasteiger partial charge >= 0.3 is 0 Å². The molecule has 0 aliphatic heterocycles. The van der Waals surface area contributed by atoms with Crippen LogP contribution in [0.5, 0.6) is 0 Å². The van der Waals surface area contributed by atoms with Crippen LogP contribution in [0.3, 0.4) is 0 Å². The Bertz CT molecular complexity index is 262. The summed E-state index contributed by atoms with van der Waals surface area (Å²) in [5.41, 5.74) is 0.605. The van der Waals surface area contributed by atoms with Crippen LogP contribution in [0, 0.1) is 3.57 Å². The zero-order valence-corrected chi connectivity index (χ0v) is 8.42. The number of nitrogens with one attached hydrogen (secondary N) is 1. The molecule has 0 saturated heterocycles. The number of nitrogens with zero attached hydrogens (tertiary/aromatic N) is 2. The average Bonchev–Trinajstić information content (AvgIpc) is 2.30. The maximum absolute atomic E-state index is 11.1. The van der Waals surface area contributed by atoms with Gasteiger partial charge in [0.1, 0.15) is 5.69 Å². The van der Waals surface area contributed by atoms with Gasteiger partial charge in [0.2, 0.25) is 0 Å². The van der Waals surface area contributed by atoms with E-state index in [1.165, 1.54) is 0 Å². The molecule has 0 aromatic carbocycles. The molecule has 0 radical (unpaired) electrons. The largest absolute Gasteiger partial charge is 0.354 e. The first-order valence-corrected chi connectivity index (χ1v) is 4.14. The highest BCUT2D eigenvalue weighted by atomic mass is 127. The normalized spacial score (nSPS) is 9.73. The minimum Gasteiger partial charge on any atom is -0.354 e. The third kappa shape index (κ3) is 1.52. The summed E-state index contributed by atoms with van der Waals surface area (Å²) in [5.74, 6) is -0.102. The number of carbonyl (C=O) groups excluding carboxylic acids is 1. The predicted octanol–water partition coefficient (Wildman–Crippen LogP) is 0.384. The molecule has 1 amide bonds. The second kappa shape index (κ2) is 3.21. The first kappa shape index (κ1) is 8.51.